The topological polar surface area (TPSA) is 102 Å². The van der Waals surface area contributed by atoms with E-state index in [-0.39, 0.29) is 18.6 Å². The molecule has 0 bridgehead atoms. The third-order valence-electron chi connectivity index (χ3n) is 3.65. The van der Waals surface area contributed by atoms with E-state index in [1.165, 1.54) is 0 Å². The lowest BCUT2D eigenvalue weighted by Crippen LogP contribution is -2.37. The predicted octanol–water partition coefficient (Wildman–Crippen LogP) is 3.87. The molecule has 148 valence electrons. The number of hydrogen-bond donors (Lipinski definition) is 2. The maximum absolute atomic E-state index is 11.9. The van der Waals surface area contributed by atoms with Crippen LogP contribution in [0.15, 0.2) is 30.3 Å². The maximum Gasteiger partial charge on any atom is 0.325 e. The molecular formula is C19H19ClN2O5S. The fraction of sp³-hybridized carbons (Fsp3) is 0.263. The Bertz CT molecular complexity index is 909. The fourth-order valence-electron chi connectivity index (χ4n) is 2.29. The molecule has 2 aromatic rings. The maximum atomic E-state index is 11.9. The highest BCUT2D eigenvalue weighted by Crippen LogP contribution is 2.23. The number of ketones is 1. The Morgan fingerprint density at radius 3 is 2.46 bits per heavy atom. The normalized spacial score (nSPS) is 10.2. The fourth-order valence-corrected chi connectivity index (χ4v) is 3.30. The van der Waals surface area contributed by atoms with E-state index in [0.29, 0.717) is 14.9 Å². The van der Waals surface area contributed by atoms with Gasteiger partial charge in [0.15, 0.2) is 12.4 Å². The van der Waals surface area contributed by atoms with Crippen LogP contribution in [-0.4, -0.2) is 30.3 Å². The van der Waals surface area contributed by atoms with Crippen molar-refractivity contribution in [3.63, 3.8) is 0 Å². The van der Waals surface area contributed by atoms with Crippen molar-refractivity contribution < 1.29 is 23.9 Å². The standard InChI is InChI=1S/C19H19ClN2O5S/c1-11-3-4-13(12(2)9-11)21-19(26)22-17(24)10-27-18(25)8-5-14(23)15-6-7-16(20)28-15/h3-4,6-7,9H,5,8,10H2,1-2H3,(H2,21,22,24,26). The van der Waals surface area contributed by atoms with Gasteiger partial charge < -0.3 is 10.1 Å². The first kappa shape index (κ1) is 21.6. The van der Waals surface area contributed by atoms with Gasteiger partial charge in [-0.1, -0.05) is 29.3 Å². The summed E-state index contributed by atoms with van der Waals surface area (Å²) in [6.07, 6.45) is -0.221. The van der Waals surface area contributed by atoms with Crippen LogP contribution in [0.2, 0.25) is 4.34 Å². The summed E-state index contributed by atoms with van der Waals surface area (Å²) in [6, 6.07) is 7.92. The van der Waals surface area contributed by atoms with Gasteiger partial charge in [0.25, 0.3) is 5.91 Å². The largest absolute Gasteiger partial charge is 0.456 e. The zero-order chi connectivity index (χ0) is 20.7. The molecule has 2 N–H and O–H groups in total. The minimum Gasteiger partial charge on any atom is -0.456 e. The molecule has 0 unspecified atom stereocenters. The Labute approximate surface area is 171 Å². The summed E-state index contributed by atoms with van der Waals surface area (Å²) in [7, 11) is 0. The van der Waals surface area contributed by atoms with Crippen LogP contribution in [0, 0.1) is 13.8 Å². The summed E-state index contributed by atoms with van der Waals surface area (Å²) in [5.74, 6) is -1.71. The molecule has 0 saturated carbocycles. The van der Waals surface area contributed by atoms with Crippen molar-refractivity contribution in [3.05, 3.63) is 50.7 Å². The van der Waals surface area contributed by atoms with E-state index in [1.54, 1.807) is 18.2 Å². The number of thiophene rings is 1. The monoisotopic (exact) mass is 422 g/mol. The van der Waals surface area contributed by atoms with Crippen molar-refractivity contribution in [3.8, 4) is 0 Å². The Hall–Kier alpha value is -2.71. The Morgan fingerprint density at radius 2 is 1.82 bits per heavy atom. The molecule has 1 aromatic carbocycles. The highest BCUT2D eigenvalue weighted by molar-refractivity contribution is 7.18. The number of halogens is 1. The van der Waals surface area contributed by atoms with Gasteiger partial charge in [-0.15, -0.1) is 11.3 Å². The molecule has 7 nitrogen and oxygen atoms in total. The number of benzene rings is 1. The van der Waals surface area contributed by atoms with Crippen molar-refractivity contribution in [1.29, 1.82) is 0 Å². The summed E-state index contributed by atoms with van der Waals surface area (Å²) in [5.41, 5.74) is 2.47. The molecule has 0 aliphatic heterocycles. The number of ether oxygens (including phenoxy) is 1. The summed E-state index contributed by atoms with van der Waals surface area (Å²) < 4.78 is 5.27. The SMILES string of the molecule is Cc1ccc(NC(=O)NC(=O)COC(=O)CCC(=O)c2ccc(Cl)s2)c(C)c1. The number of carbonyl (C=O) groups excluding carboxylic acids is 4. The molecule has 0 saturated heterocycles. The Kier molecular flexibility index (Phi) is 7.71. The minimum absolute atomic E-state index is 0.0511. The van der Waals surface area contributed by atoms with Crippen molar-refractivity contribution in [2.24, 2.45) is 0 Å². The molecule has 0 radical (unpaired) electrons. The zero-order valence-electron chi connectivity index (χ0n) is 15.3. The van der Waals surface area contributed by atoms with Crippen molar-refractivity contribution in [1.82, 2.24) is 5.32 Å². The quantitative estimate of drug-likeness (QED) is 0.521. The van der Waals surface area contributed by atoms with Gasteiger partial charge in [-0.05, 0) is 37.6 Å². The number of esters is 1. The molecule has 0 fully saturated rings. The first-order valence-corrected chi connectivity index (χ1v) is 9.56. The lowest BCUT2D eigenvalue weighted by Gasteiger charge is -2.10. The van der Waals surface area contributed by atoms with E-state index in [9.17, 15) is 19.2 Å². The highest BCUT2D eigenvalue weighted by Gasteiger charge is 2.15. The second-order valence-electron chi connectivity index (χ2n) is 6.01. The van der Waals surface area contributed by atoms with Crippen LogP contribution in [0.3, 0.4) is 0 Å². The molecule has 0 spiro atoms. The van der Waals surface area contributed by atoms with Crippen molar-refractivity contribution in [2.75, 3.05) is 11.9 Å². The molecule has 28 heavy (non-hydrogen) atoms. The average Bonchev–Trinajstić information content (AvgIpc) is 3.06. The van der Waals surface area contributed by atoms with Gasteiger partial charge in [-0.3, -0.25) is 19.7 Å². The summed E-state index contributed by atoms with van der Waals surface area (Å²) >= 11 is 6.89. The molecule has 1 heterocycles. The third-order valence-corrected chi connectivity index (χ3v) is 4.92. The number of aryl methyl sites for hydroxylation is 2. The van der Waals surface area contributed by atoms with Gasteiger partial charge in [0.2, 0.25) is 0 Å². The first-order valence-electron chi connectivity index (χ1n) is 8.37. The number of amides is 3. The van der Waals surface area contributed by atoms with Gasteiger partial charge in [-0.25, -0.2) is 4.79 Å². The van der Waals surface area contributed by atoms with Crippen LogP contribution in [0.1, 0.15) is 33.6 Å². The van der Waals surface area contributed by atoms with Gasteiger partial charge in [0.1, 0.15) is 0 Å². The molecule has 0 aliphatic rings. The summed E-state index contributed by atoms with van der Waals surface area (Å²) in [6.45, 7) is 3.15. The van der Waals surface area contributed by atoms with Crippen molar-refractivity contribution >= 4 is 52.3 Å². The predicted molar refractivity (Wildman–Crippen MR) is 107 cm³/mol. The van der Waals surface area contributed by atoms with E-state index in [0.717, 1.165) is 22.5 Å². The zero-order valence-corrected chi connectivity index (χ0v) is 16.9. The summed E-state index contributed by atoms with van der Waals surface area (Å²) in [5, 5.41) is 4.62. The van der Waals surface area contributed by atoms with Crippen LogP contribution in [0.5, 0.6) is 0 Å². The van der Waals surface area contributed by atoms with E-state index >= 15 is 0 Å². The summed E-state index contributed by atoms with van der Waals surface area (Å²) in [4.78, 5) is 47.6. The number of carbonyl (C=O) groups is 4. The molecular weight excluding hydrogens is 404 g/mol. The first-order chi connectivity index (χ1) is 13.2. The van der Waals surface area contributed by atoms with Gasteiger partial charge in [0.05, 0.1) is 15.6 Å². The number of hydrogen-bond acceptors (Lipinski definition) is 6. The molecule has 3 amide bonds. The Balaban J connectivity index is 1.70. The van der Waals surface area contributed by atoms with Crippen LogP contribution in [0.25, 0.3) is 0 Å². The number of nitrogens with one attached hydrogen (secondary N) is 2. The van der Waals surface area contributed by atoms with Gasteiger partial charge in [0, 0.05) is 12.1 Å². The van der Waals surface area contributed by atoms with Crippen LogP contribution < -0.4 is 10.6 Å². The van der Waals surface area contributed by atoms with Crippen LogP contribution in [0.4, 0.5) is 10.5 Å². The van der Waals surface area contributed by atoms with Crippen molar-refractivity contribution in [2.45, 2.75) is 26.7 Å². The molecule has 0 aliphatic carbocycles. The van der Waals surface area contributed by atoms with E-state index in [2.05, 4.69) is 10.6 Å². The number of Topliss-reactive ketones (excluding diaryl/α,β-unsaturated/α-hetero) is 1. The van der Waals surface area contributed by atoms with E-state index < -0.39 is 24.5 Å². The second-order valence-corrected chi connectivity index (χ2v) is 7.72. The lowest BCUT2D eigenvalue weighted by atomic mass is 10.1. The number of imide groups is 1. The number of urea groups is 1. The molecule has 0 atom stereocenters. The molecule has 9 heteroatoms. The highest BCUT2D eigenvalue weighted by atomic mass is 35.5. The van der Waals surface area contributed by atoms with Gasteiger partial charge in [-0.2, -0.15) is 0 Å². The Morgan fingerprint density at radius 1 is 1.07 bits per heavy atom. The van der Waals surface area contributed by atoms with Crippen LogP contribution in [-0.2, 0) is 14.3 Å². The van der Waals surface area contributed by atoms with Gasteiger partial charge >= 0.3 is 12.0 Å². The number of rotatable bonds is 7. The van der Waals surface area contributed by atoms with Crippen LogP contribution >= 0.6 is 22.9 Å². The lowest BCUT2D eigenvalue weighted by molar-refractivity contribution is -0.148. The second kappa shape index (κ2) is 10.0. The average molecular weight is 423 g/mol. The number of anilines is 1. The minimum atomic E-state index is -0.771. The smallest absolute Gasteiger partial charge is 0.325 e. The molecule has 2 rings (SSSR count). The van der Waals surface area contributed by atoms with E-state index in [1.807, 2.05) is 26.0 Å². The third kappa shape index (κ3) is 6.79. The van der Waals surface area contributed by atoms with E-state index in [4.69, 9.17) is 16.3 Å². The molecule has 1 aromatic heterocycles.